The number of halogens is 1. The van der Waals surface area contributed by atoms with Crippen molar-refractivity contribution in [2.24, 2.45) is 16.7 Å². The molecule has 0 aromatic heterocycles. The van der Waals surface area contributed by atoms with Crippen LogP contribution in [-0.2, 0) is 10.2 Å². The van der Waals surface area contributed by atoms with Crippen molar-refractivity contribution in [2.45, 2.75) is 18.3 Å². The van der Waals surface area contributed by atoms with Crippen molar-refractivity contribution >= 4 is 23.1 Å². The van der Waals surface area contributed by atoms with Crippen molar-refractivity contribution in [3.63, 3.8) is 0 Å². The summed E-state index contributed by atoms with van der Waals surface area (Å²) in [6.45, 7) is 1.12. The normalized spacial score (nSPS) is 15.7. The molecule has 0 atom stereocenters. The zero-order chi connectivity index (χ0) is 23.4. The summed E-state index contributed by atoms with van der Waals surface area (Å²) in [7, 11) is 0. The van der Waals surface area contributed by atoms with Crippen LogP contribution < -0.4 is 22.6 Å². The molecule has 7 N–H and O–H groups in total. The zero-order valence-electron chi connectivity index (χ0n) is 18.1. The Morgan fingerprint density at radius 3 is 2.24 bits per heavy atom. The largest absolute Gasteiger partial charge is 0.397 e. The molecule has 1 heterocycles. The van der Waals surface area contributed by atoms with Crippen LogP contribution in [0.15, 0.2) is 71.8 Å². The van der Waals surface area contributed by atoms with Crippen LogP contribution in [0.4, 0.5) is 15.8 Å². The topological polar surface area (TPSA) is 129 Å². The number of amides is 1. The van der Waals surface area contributed by atoms with Gasteiger partial charge in [-0.2, -0.15) is 5.10 Å². The van der Waals surface area contributed by atoms with E-state index < -0.39 is 5.41 Å². The van der Waals surface area contributed by atoms with Crippen LogP contribution in [0.25, 0.3) is 11.1 Å². The number of carbonyl (C=O) groups is 1. The molecule has 4 rings (SSSR count). The molecule has 3 aromatic carbocycles. The van der Waals surface area contributed by atoms with E-state index in [-0.39, 0.29) is 11.7 Å². The Morgan fingerprint density at radius 2 is 1.61 bits per heavy atom. The molecule has 8 heteroatoms. The summed E-state index contributed by atoms with van der Waals surface area (Å²) in [6, 6.07) is 18.7. The molecule has 0 aliphatic carbocycles. The molecule has 1 aliphatic rings. The average molecular weight is 448 g/mol. The van der Waals surface area contributed by atoms with Crippen LogP contribution in [0.2, 0.25) is 0 Å². The molecular formula is C25H26FN5O2. The molecule has 1 aliphatic heterocycles. The third-order valence-corrected chi connectivity index (χ3v) is 6.15. The molecule has 0 bridgehead atoms. The number of amidine groups is 1. The summed E-state index contributed by atoms with van der Waals surface area (Å²) in [6.07, 6.45) is 1.33. The molecule has 0 spiro atoms. The van der Waals surface area contributed by atoms with Crippen molar-refractivity contribution in [2.75, 3.05) is 24.3 Å². The number of ether oxygens (including phenoxy) is 1. The van der Waals surface area contributed by atoms with Gasteiger partial charge in [-0.15, -0.1) is 0 Å². The number of nitrogens with two attached hydrogens (primary N) is 3. The van der Waals surface area contributed by atoms with Crippen LogP contribution in [0, 0.1) is 5.82 Å². The van der Waals surface area contributed by atoms with Gasteiger partial charge in [-0.1, -0.05) is 30.3 Å². The highest BCUT2D eigenvalue weighted by atomic mass is 19.1. The summed E-state index contributed by atoms with van der Waals surface area (Å²) < 4.78 is 18.7. The summed E-state index contributed by atoms with van der Waals surface area (Å²) in [5.41, 5.74) is 15.7. The number of benzene rings is 3. The molecular weight excluding hydrogens is 421 g/mol. The Morgan fingerprint density at radius 1 is 0.970 bits per heavy atom. The second-order valence-electron chi connectivity index (χ2n) is 8.05. The van der Waals surface area contributed by atoms with Gasteiger partial charge in [0.05, 0.1) is 16.8 Å². The second-order valence-corrected chi connectivity index (χ2v) is 8.05. The number of nitrogen functional groups attached to an aromatic ring is 1. The lowest BCUT2D eigenvalue weighted by Gasteiger charge is -2.36. The number of nitrogens with zero attached hydrogens (tertiary/aromatic N) is 1. The maximum absolute atomic E-state index is 13.2. The summed E-state index contributed by atoms with van der Waals surface area (Å²) in [5, 5.41) is 6.61. The minimum absolute atomic E-state index is 0.300. The van der Waals surface area contributed by atoms with Gasteiger partial charge in [0.25, 0.3) is 5.91 Å². The van der Waals surface area contributed by atoms with Gasteiger partial charge < -0.3 is 27.4 Å². The lowest BCUT2D eigenvalue weighted by molar-refractivity contribution is 0.0704. The summed E-state index contributed by atoms with van der Waals surface area (Å²) >= 11 is 0. The fourth-order valence-corrected chi connectivity index (χ4v) is 4.16. The van der Waals surface area contributed by atoms with Crippen LogP contribution in [0.5, 0.6) is 0 Å². The van der Waals surface area contributed by atoms with E-state index >= 15 is 0 Å². The Kier molecular flexibility index (Phi) is 6.28. The molecule has 1 saturated heterocycles. The van der Waals surface area contributed by atoms with Crippen LogP contribution >= 0.6 is 0 Å². The zero-order valence-corrected chi connectivity index (χ0v) is 18.1. The van der Waals surface area contributed by atoms with Crippen molar-refractivity contribution in [3.8, 4) is 11.1 Å². The molecule has 170 valence electrons. The third-order valence-electron chi connectivity index (χ3n) is 6.15. The van der Waals surface area contributed by atoms with Crippen molar-refractivity contribution in [1.29, 1.82) is 0 Å². The van der Waals surface area contributed by atoms with Gasteiger partial charge in [0.15, 0.2) is 0 Å². The molecule has 1 fully saturated rings. The molecule has 7 nitrogen and oxygen atoms in total. The maximum atomic E-state index is 13.2. The van der Waals surface area contributed by atoms with E-state index in [4.69, 9.17) is 22.0 Å². The first-order valence-electron chi connectivity index (χ1n) is 10.6. The van der Waals surface area contributed by atoms with E-state index in [1.54, 1.807) is 36.4 Å². The van der Waals surface area contributed by atoms with Gasteiger partial charge in [-0.05, 0) is 65.9 Å². The minimum atomic E-state index is -0.504. The Bertz CT molecular complexity index is 1170. The predicted molar refractivity (Wildman–Crippen MR) is 128 cm³/mol. The van der Waals surface area contributed by atoms with Crippen LogP contribution in [0.3, 0.4) is 0 Å². The summed E-state index contributed by atoms with van der Waals surface area (Å²) in [5.74, 6) is 5.24. The SMILES string of the molecule is N/N=C(\N)C1(c2ccc(C(=O)Nc3cc(-c4ccc(F)cc4)ccc3N)cc2)CCOCC1. The standard InChI is InChI=1S/C25H26FN5O2/c26-20-8-3-16(4-9-20)18-5-10-21(27)22(15-18)30-23(32)17-1-6-19(7-2-17)25(24(28)31-29)11-13-33-14-12-25/h1-10,15H,11-14,27,29H2,(H2,28,31)(H,30,32). The van der Waals surface area contributed by atoms with Gasteiger partial charge in [0.2, 0.25) is 0 Å². The van der Waals surface area contributed by atoms with E-state index in [0.717, 1.165) is 16.7 Å². The smallest absolute Gasteiger partial charge is 0.255 e. The maximum Gasteiger partial charge on any atom is 0.255 e. The molecule has 1 amide bonds. The highest BCUT2D eigenvalue weighted by Crippen LogP contribution is 2.35. The second kappa shape index (κ2) is 9.30. The number of hydrogen-bond acceptors (Lipinski definition) is 5. The number of rotatable bonds is 5. The molecule has 0 unspecified atom stereocenters. The average Bonchev–Trinajstić information content (AvgIpc) is 2.86. The van der Waals surface area contributed by atoms with Crippen molar-refractivity contribution in [1.82, 2.24) is 0 Å². The highest BCUT2D eigenvalue weighted by Gasteiger charge is 2.38. The number of nitrogens with one attached hydrogen (secondary N) is 1. The van der Waals surface area contributed by atoms with Crippen molar-refractivity contribution < 1.29 is 13.9 Å². The number of anilines is 2. The Hall–Kier alpha value is -3.91. The molecule has 3 aromatic rings. The lowest BCUT2D eigenvalue weighted by atomic mass is 9.73. The van der Waals surface area contributed by atoms with Gasteiger partial charge in [-0.25, -0.2) is 4.39 Å². The van der Waals surface area contributed by atoms with E-state index in [0.29, 0.717) is 48.8 Å². The van der Waals surface area contributed by atoms with Gasteiger partial charge in [0, 0.05) is 18.8 Å². The fourth-order valence-electron chi connectivity index (χ4n) is 4.16. The van der Waals surface area contributed by atoms with E-state index in [2.05, 4.69) is 10.4 Å². The highest BCUT2D eigenvalue weighted by molar-refractivity contribution is 6.06. The predicted octanol–water partition coefficient (Wildman–Crippen LogP) is 3.61. The van der Waals surface area contributed by atoms with Crippen LogP contribution in [0.1, 0.15) is 28.8 Å². The third kappa shape index (κ3) is 4.51. The van der Waals surface area contributed by atoms with Gasteiger partial charge in [0.1, 0.15) is 11.7 Å². The lowest BCUT2D eigenvalue weighted by Crippen LogP contribution is -2.46. The first-order chi connectivity index (χ1) is 15.9. The minimum Gasteiger partial charge on any atom is -0.397 e. The van der Waals surface area contributed by atoms with E-state index in [9.17, 15) is 9.18 Å². The number of hydrogen-bond donors (Lipinski definition) is 4. The fraction of sp³-hybridized carbons (Fsp3) is 0.200. The Labute approximate surface area is 191 Å². The van der Waals surface area contributed by atoms with Gasteiger partial charge >= 0.3 is 0 Å². The molecule has 0 saturated carbocycles. The Balaban J connectivity index is 1.56. The number of carbonyl (C=O) groups excluding carboxylic acids is 1. The monoisotopic (exact) mass is 447 g/mol. The quantitative estimate of drug-likeness (QED) is 0.156. The van der Waals surface area contributed by atoms with Gasteiger partial charge in [-0.3, -0.25) is 4.79 Å². The van der Waals surface area contributed by atoms with Crippen LogP contribution in [-0.4, -0.2) is 25.0 Å². The molecule has 0 radical (unpaired) electrons. The number of hydrazone groups is 1. The summed E-state index contributed by atoms with van der Waals surface area (Å²) in [4.78, 5) is 12.9. The van der Waals surface area contributed by atoms with E-state index in [1.807, 2.05) is 18.2 Å². The molecule has 33 heavy (non-hydrogen) atoms. The first kappa shape index (κ1) is 22.3. The van der Waals surface area contributed by atoms with Crippen molar-refractivity contribution in [3.05, 3.63) is 83.7 Å². The van der Waals surface area contributed by atoms with E-state index in [1.165, 1.54) is 12.1 Å². The first-order valence-corrected chi connectivity index (χ1v) is 10.6.